The van der Waals surface area contributed by atoms with Gasteiger partial charge in [-0.05, 0) is 87.0 Å². The minimum Gasteiger partial charge on any atom is -0.484 e. The maximum absolute atomic E-state index is 12.4. The minimum absolute atomic E-state index is 0.106. The number of rotatable bonds is 8. The molecule has 4 rings (SSSR count). The summed E-state index contributed by atoms with van der Waals surface area (Å²) in [6.45, 7) is 8.01. The van der Waals surface area contributed by atoms with E-state index in [0.717, 1.165) is 29.9 Å². The van der Waals surface area contributed by atoms with Crippen LogP contribution >= 0.6 is 11.6 Å². The number of nitrogens with one attached hydrogen (secondary N) is 1. The molecular formula is C25H26ClN5O2. The molecule has 4 aromatic rings. The number of aryl methyl sites for hydroxylation is 1. The second-order valence-electron chi connectivity index (χ2n) is 7.62. The molecule has 0 radical (unpaired) electrons. The molecule has 1 N–H and O–H groups in total. The van der Waals surface area contributed by atoms with Gasteiger partial charge in [0.25, 0.3) is 5.91 Å². The van der Waals surface area contributed by atoms with Gasteiger partial charge in [0.1, 0.15) is 16.8 Å². The van der Waals surface area contributed by atoms with Gasteiger partial charge >= 0.3 is 0 Å². The van der Waals surface area contributed by atoms with Crippen molar-refractivity contribution in [3.05, 3.63) is 71.2 Å². The fourth-order valence-electron chi connectivity index (χ4n) is 3.57. The molecule has 0 saturated carbocycles. The van der Waals surface area contributed by atoms with E-state index in [-0.39, 0.29) is 12.5 Å². The fraction of sp³-hybridized carbons (Fsp3) is 0.240. The molecule has 0 aliphatic carbocycles. The zero-order chi connectivity index (χ0) is 23.4. The molecule has 0 spiro atoms. The van der Waals surface area contributed by atoms with Crippen LogP contribution in [0.4, 0.5) is 11.4 Å². The zero-order valence-electron chi connectivity index (χ0n) is 18.9. The summed E-state index contributed by atoms with van der Waals surface area (Å²) in [6.07, 6.45) is 0. The molecule has 3 aromatic carbocycles. The molecule has 1 amide bonds. The van der Waals surface area contributed by atoms with Crippen LogP contribution in [-0.2, 0) is 4.79 Å². The number of carbonyl (C=O) groups excluding carboxylic acids is 1. The van der Waals surface area contributed by atoms with Crippen molar-refractivity contribution in [3.8, 4) is 11.4 Å². The molecule has 0 saturated heterocycles. The highest BCUT2D eigenvalue weighted by molar-refractivity contribution is 6.30. The first kappa shape index (κ1) is 22.6. The number of amides is 1. The van der Waals surface area contributed by atoms with Crippen molar-refractivity contribution < 1.29 is 9.53 Å². The highest BCUT2D eigenvalue weighted by Crippen LogP contribution is 2.23. The van der Waals surface area contributed by atoms with Crippen LogP contribution in [0.15, 0.2) is 60.7 Å². The van der Waals surface area contributed by atoms with Crippen LogP contribution in [0.1, 0.15) is 19.4 Å². The predicted molar refractivity (Wildman–Crippen MR) is 133 cm³/mol. The van der Waals surface area contributed by atoms with Crippen molar-refractivity contribution in [1.82, 2.24) is 15.0 Å². The molecule has 0 unspecified atom stereocenters. The van der Waals surface area contributed by atoms with Crippen LogP contribution in [0.5, 0.6) is 5.75 Å². The summed E-state index contributed by atoms with van der Waals surface area (Å²) in [5.74, 6) is 0.323. The fourth-order valence-corrected chi connectivity index (χ4v) is 3.70. The van der Waals surface area contributed by atoms with Gasteiger partial charge in [-0.25, -0.2) is 0 Å². The van der Waals surface area contributed by atoms with Crippen LogP contribution in [0, 0.1) is 6.92 Å². The van der Waals surface area contributed by atoms with Gasteiger partial charge in [0, 0.05) is 29.5 Å². The molecule has 8 heteroatoms. The summed E-state index contributed by atoms with van der Waals surface area (Å²) in [6, 6.07) is 18.8. The molecule has 170 valence electrons. The van der Waals surface area contributed by atoms with Gasteiger partial charge in [-0.2, -0.15) is 4.80 Å². The summed E-state index contributed by atoms with van der Waals surface area (Å²) < 4.78 is 5.52. The Balaban J connectivity index is 1.48. The Morgan fingerprint density at radius 3 is 2.27 bits per heavy atom. The molecule has 1 aromatic heterocycles. The third kappa shape index (κ3) is 5.26. The van der Waals surface area contributed by atoms with E-state index in [1.54, 1.807) is 29.1 Å². The van der Waals surface area contributed by atoms with E-state index >= 15 is 0 Å². The lowest BCUT2D eigenvalue weighted by molar-refractivity contribution is -0.118. The predicted octanol–water partition coefficient (Wildman–Crippen LogP) is 5.25. The molecule has 0 aliphatic heterocycles. The summed E-state index contributed by atoms with van der Waals surface area (Å²) in [7, 11) is 0. The SMILES string of the molecule is CCN(CC)c1ccc(-n2nc3cc(C)c(NC(=O)COc4ccc(Cl)cc4)cc3n2)cc1. The molecule has 0 aliphatic rings. The average Bonchev–Trinajstić information content (AvgIpc) is 3.23. The number of hydrogen-bond acceptors (Lipinski definition) is 5. The molecule has 1 heterocycles. The second kappa shape index (κ2) is 9.92. The Hall–Kier alpha value is -3.58. The van der Waals surface area contributed by atoms with Crippen LogP contribution < -0.4 is 15.0 Å². The molecule has 33 heavy (non-hydrogen) atoms. The highest BCUT2D eigenvalue weighted by Gasteiger charge is 2.12. The smallest absolute Gasteiger partial charge is 0.262 e. The zero-order valence-corrected chi connectivity index (χ0v) is 19.6. The lowest BCUT2D eigenvalue weighted by Gasteiger charge is -2.20. The summed E-state index contributed by atoms with van der Waals surface area (Å²) in [4.78, 5) is 16.3. The molecule has 7 nitrogen and oxygen atoms in total. The first-order valence-corrected chi connectivity index (χ1v) is 11.3. The normalized spacial score (nSPS) is 10.9. The van der Waals surface area contributed by atoms with Crippen molar-refractivity contribution >= 4 is 39.9 Å². The minimum atomic E-state index is -0.258. The number of halogens is 1. The van der Waals surface area contributed by atoms with E-state index in [2.05, 4.69) is 46.4 Å². The highest BCUT2D eigenvalue weighted by atomic mass is 35.5. The first-order chi connectivity index (χ1) is 16.0. The number of nitrogens with zero attached hydrogens (tertiary/aromatic N) is 4. The third-order valence-corrected chi connectivity index (χ3v) is 5.65. The maximum atomic E-state index is 12.4. The molecule has 0 atom stereocenters. The van der Waals surface area contributed by atoms with Crippen molar-refractivity contribution in [2.75, 3.05) is 29.9 Å². The van der Waals surface area contributed by atoms with E-state index in [9.17, 15) is 4.79 Å². The third-order valence-electron chi connectivity index (χ3n) is 5.39. The van der Waals surface area contributed by atoms with Crippen LogP contribution in [0.2, 0.25) is 5.02 Å². The topological polar surface area (TPSA) is 72.3 Å². The Morgan fingerprint density at radius 2 is 1.64 bits per heavy atom. The van der Waals surface area contributed by atoms with Crippen molar-refractivity contribution in [1.29, 1.82) is 0 Å². The van der Waals surface area contributed by atoms with Gasteiger partial charge in [-0.15, -0.1) is 10.2 Å². The number of aromatic nitrogens is 3. The number of fused-ring (bicyclic) bond motifs is 1. The van der Waals surface area contributed by atoms with Crippen molar-refractivity contribution in [2.45, 2.75) is 20.8 Å². The van der Waals surface area contributed by atoms with Crippen molar-refractivity contribution in [2.24, 2.45) is 0 Å². The van der Waals surface area contributed by atoms with Gasteiger partial charge < -0.3 is 15.0 Å². The number of anilines is 2. The first-order valence-electron chi connectivity index (χ1n) is 10.9. The largest absolute Gasteiger partial charge is 0.484 e. The lowest BCUT2D eigenvalue weighted by Crippen LogP contribution is -2.21. The Labute approximate surface area is 197 Å². The Morgan fingerprint density at radius 1 is 1.00 bits per heavy atom. The maximum Gasteiger partial charge on any atom is 0.262 e. The van der Waals surface area contributed by atoms with Crippen LogP contribution in [0.3, 0.4) is 0 Å². The summed E-state index contributed by atoms with van der Waals surface area (Å²) >= 11 is 5.87. The quantitative estimate of drug-likeness (QED) is 0.386. The van der Waals surface area contributed by atoms with E-state index in [0.29, 0.717) is 22.0 Å². The lowest BCUT2D eigenvalue weighted by atomic mass is 10.1. The Kier molecular flexibility index (Phi) is 6.79. The van der Waals surface area contributed by atoms with Gasteiger partial charge in [-0.1, -0.05) is 11.6 Å². The number of hydrogen-bond donors (Lipinski definition) is 1. The van der Waals surface area contributed by atoms with Gasteiger partial charge in [-0.3, -0.25) is 4.79 Å². The Bertz CT molecular complexity index is 1250. The van der Waals surface area contributed by atoms with E-state index < -0.39 is 0 Å². The molecule has 0 bridgehead atoms. The van der Waals surface area contributed by atoms with E-state index in [1.807, 2.05) is 31.2 Å². The second-order valence-corrected chi connectivity index (χ2v) is 8.06. The van der Waals surface area contributed by atoms with Crippen LogP contribution in [-0.4, -0.2) is 40.6 Å². The number of ether oxygens (including phenoxy) is 1. The standard InChI is InChI=1S/C25H26ClN5O2/c1-4-30(5-2)19-8-10-20(11-9-19)31-28-23-14-17(3)22(15-24(23)29-31)27-25(32)16-33-21-12-6-18(26)7-13-21/h6-15H,4-5,16H2,1-3H3,(H,27,32). The van der Waals surface area contributed by atoms with Crippen molar-refractivity contribution in [3.63, 3.8) is 0 Å². The average molecular weight is 464 g/mol. The van der Waals surface area contributed by atoms with Gasteiger partial charge in [0.15, 0.2) is 6.61 Å². The van der Waals surface area contributed by atoms with Crippen LogP contribution in [0.25, 0.3) is 16.7 Å². The van der Waals surface area contributed by atoms with Gasteiger partial charge in [0.2, 0.25) is 0 Å². The monoisotopic (exact) mass is 463 g/mol. The van der Waals surface area contributed by atoms with E-state index in [1.165, 1.54) is 5.69 Å². The molecular weight excluding hydrogens is 438 g/mol. The summed E-state index contributed by atoms with van der Waals surface area (Å²) in [5, 5.41) is 12.7. The van der Waals surface area contributed by atoms with Gasteiger partial charge in [0.05, 0.1) is 5.69 Å². The summed E-state index contributed by atoms with van der Waals surface area (Å²) in [5.41, 5.74) is 5.07. The van der Waals surface area contributed by atoms with E-state index in [4.69, 9.17) is 16.3 Å². The number of carbonyl (C=O) groups is 1. The number of benzene rings is 3. The molecule has 0 fully saturated rings.